The smallest absolute Gasteiger partial charge is 0.318 e. The van der Waals surface area contributed by atoms with Crippen molar-refractivity contribution in [2.45, 2.75) is 64.1 Å². The van der Waals surface area contributed by atoms with Crippen molar-refractivity contribution >= 4 is 6.03 Å². The summed E-state index contributed by atoms with van der Waals surface area (Å²) in [5, 5.41) is 3.25. The second-order valence-electron chi connectivity index (χ2n) is 7.97. The Hall–Kier alpha value is -2.50. The van der Waals surface area contributed by atoms with Crippen molar-refractivity contribution in [3.8, 4) is 5.75 Å². The second-order valence-corrected chi connectivity index (χ2v) is 7.97. The van der Waals surface area contributed by atoms with Crippen LogP contribution in [-0.2, 0) is 6.54 Å². The van der Waals surface area contributed by atoms with E-state index in [1.807, 2.05) is 23.2 Å². The normalized spacial score (nSPS) is 19.9. The standard InChI is InChI=1S/C22H30N4O2/c1-16-14-23-21(26(16)15-17-9-11-19(28-2)12-10-17)20-8-5-13-25(20)22(27)24-18-6-3-4-7-18/h9-12,14,18,20H,3-8,13,15H2,1-2H3,(H,24,27). The van der Waals surface area contributed by atoms with E-state index in [0.29, 0.717) is 6.04 Å². The maximum Gasteiger partial charge on any atom is 0.318 e. The van der Waals surface area contributed by atoms with Crippen molar-refractivity contribution in [2.75, 3.05) is 13.7 Å². The Labute approximate surface area is 166 Å². The van der Waals surface area contributed by atoms with Crippen LogP contribution in [0.25, 0.3) is 0 Å². The summed E-state index contributed by atoms with van der Waals surface area (Å²) in [6.45, 7) is 3.63. The highest BCUT2D eigenvalue weighted by Gasteiger charge is 2.34. The Morgan fingerprint density at radius 2 is 1.93 bits per heavy atom. The summed E-state index contributed by atoms with van der Waals surface area (Å²) < 4.78 is 7.50. The molecule has 2 amide bonds. The molecule has 28 heavy (non-hydrogen) atoms. The molecule has 150 valence electrons. The Morgan fingerprint density at radius 1 is 1.18 bits per heavy atom. The molecular weight excluding hydrogens is 352 g/mol. The van der Waals surface area contributed by atoms with Gasteiger partial charge in [0.05, 0.1) is 13.2 Å². The first-order valence-corrected chi connectivity index (χ1v) is 10.4. The molecule has 1 aliphatic heterocycles. The number of rotatable bonds is 5. The number of imidazole rings is 1. The predicted octanol–water partition coefficient (Wildman–Crippen LogP) is 4.04. The molecule has 1 saturated heterocycles. The molecule has 1 aromatic heterocycles. The fraction of sp³-hybridized carbons (Fsp3) is 0.545. The summed E-state index contributed by atoms with van der Waals surface area (Å²) in [4.78, 5) is 19.6. The largest absolute Gasteiger partial charge is 0.497 e. The number of methoxy groups -OCH3 is 1. The van der Waals surface area contributed by atoms with Crippen molar-refractivity contribution in [1.82, 2.24) is 19.8 Å². The van der Waals surface area contributed by atoms with Gasteiger partial charge in [-0.1, -0.05) is 25.0 Å². The monoisotopic (exact) mass is 382 g/mol. The van der Waals surface area contributed by atoms with Crippen molar-refractivity contribution in [3.05, 3.63) is 47.5 Å². The van der Waals surface area contributed by atoms with Gasteiger partial charge in [-0.2, -0.15) is 0 Å². The molecule has 1 aromatic carbocycles. The summed E-state index contributed by atoms with van der Waals surface area (Å²) in [6.07, 6.45) is 8.57. The van der Waals surface area contributed by atoms with Gasteiger partial charge in [-0.25, -0.2) is 9.78 Å². The third-order valence-corrected chi connectivity index (χ3v) is 6.08. The molecular formula is C22H30N4O2. The molecule has 6 nitrogen and oxygen atoms in total. The van der Waals surface area contributed by atoms with Crippen LogP contribution in [0.15, 0.2) is 30.5 Å². The molecule has 2 heterocycles. The van der Waals surface area contributed by atoms with Gasteiger partial charge in [-0.15, -0.1) is 0 Å². The van der Waals surface area contributed by atoms with Crippen LogP contribution in [0.3, 0.4) is 0 Å². The number of urea groups is 1. The number of ether oxygens (including phenoxy) is 1. The van der Waals surface area contributed by atoms with E-state index in [1.54, 1.807) is 7.11 Å². The molecule has 1 aliphatic carbocycles. The van der Waals surface area contributed by atoms with Gasteiger partial charge in [0, 0.05) is 31.0 Å². The number of likely N-dealkylation sites (tertiary alicyclic amines) is 1. The van der Waals surface area contributed by atoms with Crippen LogP contribution >= 0.6 is 0 Å². The molecule has 0 bridgehead atoms. The first kappa shape index (κ1) is 18.8. The lowest BCUT2D eigenvalue weighted by atomic mass is 10.1. The minimum Gasteiger partial charge on any atom is -0.497 e. The Kier molecular flexibility index (Phi) is 5.55. The zero-order valence-electron chi connectivity index (χ0n) is 16.9. The number of aromatic nitrogens is 2. The minimum absolute atomic E-state index is 0.0494. The molecule has 2 aliphatic rings. The lowest BCUT2D eigenvalue weighted by Gasteiger charge is -2.27. The lowest BCUT2D eigenvalue weighted by Crippen LogP contribution is -2.44. The molecule has 6 heteroatoms. The van der Waals surface area contributed by atoms with Gasteiger partial charge in [-0.05, 0) is 50.3 Å². The zero-order valence-corrected chi connectivity index (χ0v) is 16.9. The SMILES string of the molecule is COc1ccc(Cn2c(C)cnc2C2CCCN2C(=O)NC2CCCC2)cc1. The van der Waals surface area contributed by atoms with Gasteiger partial charge in [0.15, 0.2) is 0 Å². The number of hydrogen-bond acceptors (Lipinski definition) is 3. The summed E-state index contributed by atoms with van der Waals surface area (Å²) >= 11 is 0. The summed E-state index contributed by atoms with van der Waals surface area (Å²) in [5.41, 5.74) is 2.32. The predicted molar refractivity (Wildman–Crippen MR) is 109 cm³/mol. The van der Waals surface area contributed by atoms with Crippen LogP contribution in [0.2, 0.25) is 0 Å². The highest BCUT2D eigenvalue weighted by atomic mass is 16.5. The molecule has 2 aromatic rings. The number of benzene rings is 1. The maximum atomic E-state index is 12.9. The molecule has 1 atom stereocenters. The third-order valence-electron chi connectivity index (χ3n) is 6.08. The van der Waals surface area contributed by atoms with E-state index in [9.17, 15) is 4.79 Å². The van der Waals surface area contributed by atoms with E-state index in [1.165, 1.54) is 18.4 Å². The van der Waals surface area contributed by atoms with E-state index in [4.69, 9.17) is 9.72 Å². The quantitative estimate of drug-likeness (QED) is 0.849. The van der Waals surface area contributed by atoms with Crippen LogP contribution in [0, 0.1) is 6.92 Å². The molecule has 1 unspecified atom stereocenters. The number of nitrogens with zero attached hydrogens (tertiary/aromatic N) is 3. The second kappa shape index (κ2) is 8.25. The summed E-state index contributed by atoms with van der Waals surface area (Å²) in [5.74, 6) is 1.85. The third kappa shape index (κ3) is 3.86. The number of nitrogens with one attached hydrogen (secondary N) is 1. The van der Waals surface area contributed by atoms with Gasteiger partial charge in [0.1, 0.15) is 11.6 Å². The van der Waals surface area contributed by atoms with Gasteiger partial charge < -0.3 is 19.5 Å². The molecule has 2 fully saturated rings. The van der Waals surface area contributed by atoms with Gasteiger partial charge in [0.25, 0.3) is 0 Å². The van der Waals surface area contributed by atoms with Crippen molar-refractivity contribution in [3.63, 3.8) is 0 Å². The lowest BCUT2D eigenvalue weighted by molar-refractivity contribution is 0.186. The van der Waals surface area contributed by atoms with Crippen LogP contribution in [0.5, 0.6) is 5.75 Å². The average molecular weight is 383 g/mol. The van der Waals surface area contributed by atoms with Crippen molar-refractivity contribution in [2.24, 2.45) is 0 Å². The molecule has 0 radical (unpaired) electrons. The number of carbonyl (C=O) groups is 1. The minimum atomic E-state index is 0.0494. The molecule has 1 saturated carbocycles. The van der Waals surface area contributed by atoms with Crippen LogP contribution < -0.4 is 10.1 Å². The van der Waals surface area contributed by atoms with Crippen LogP contribution in [0.4, 0.5) is 4.79 Å². The number of carbonyl (C=O) groups excluding carboxylic acids is 1. The average Bonchev–Trinajstić information content (AvgIpc) is 3.45. The first-order valence-electron chi connectivity index (χ1n) is 10.4. The fourth-order valence-corrected chi connectivity index (χ4v) is 4.47. The summed E-state index contributed by atoms with van der Waals surface area (Å²) in [6, 6.07) is 8.60. The van der Waals surface area contributed by atoms with Gasteiger partial charge in [-0.3, -0.25) is 0 Å². The number of amides is 2. The highest BCUT2D eigenvalue weighted by Crippen LogP contribution is 2.32. The van der Waals surface area contributed by atoms with Crippen LogP contribution in [0.1, 0.15) is 61.6 Å². The summed E-state index contributed by atoms with van der Waals surface area (Å²) in [7, 11) is 1.68. The molecule has 4 rings (SSSR count). The topological polar surface area (TPSA) is 59.4 Å². The van der Waals surface area contributed by atoms with E-state index in [-0.39, 0.29) is 12.1 Å². The maximum absolute atomic E-state index is 12.9. The zero-order chi connectivity index (χ0) is 19.5. The van der Waals surface area contributed by atoms with Gasteiger partial charge in [0.2, 0.25) is 0 Å². The molecule has 0 spiro atoms. The van der Waals surface area contributed by atoms with Crippen LogP contribution in [-0.4, -0.2) is 40.2 Å². The number of aryl methyl sites for hydroxylation is 1. The van der Waals surface area contributed by atoms with E-state index >= 15 is 0 Å². The Morgan fingerprint density at radius 3 is 2.64 bits per heavy atom. The van der Waals surface area contributed by atoms with Gasteiger partial charge >= 0.3 is 6.03 Å². The highest BCUT2D eigenvalue weighted by molar-refractivity contribution is 5.75. The fourth-order valence-electron chi connectivity index (χ4n) is 4.47. The molecule has 1 N–H and O–H groups in total. The number of hydrogen-bond donors (Lipinski definition) is 1. The Balaban J connectivity index is 1.52. The Bertz CT molecular complexity index is 808. The van der Waals surface area contributed by atoms with E-state index in [2.05, 4.69) is 28.9 Å². The van der Waals surface area contributed by atoms with E-state index < -0.39 is 0 Å². The van der Waals surface area contributed by atoms with Crippen molar-refractivity contribution in [1.29, 1.82) is 0 Å². The first-order chi connectivity index (χ1) is 13.7. The van der Waals surface area contributed by atoms with E-state index in [0.717, 1.165) is 56.0 Å². The van der Waals surface area contributed by atoms with Crippen molar-refractivity contribution < 1.29 is 9.53 Å².